The lowest BCUT2D eigenvalue weighted by molar-refractivity contribution is 0.0319. The van der Waals surface area contributed by atoms with Gasteiger partial charge in [-0.1, -0.05) is 30.3 Å². The van der Waals surface area contributed by atoms with Crippen LogP contribution in [0.5, 0.6) is 0 Å². The number of rotatable bonds is 6. The van der Waals surface area contributed by atoms with E-state index in [2.05, 4.69) is 17.6 Å². The van der Waals surface area contributed by atoms with Gasteiger partial charge < -0.3 is 9.47 Å². The van der Waals surface area contributed by atoms with Gasteiger partial charge >= 0.3 is 0 Å². The summed E-state index contributed by atoms with van der Waals surface area (Å²) >= 11 is 0. The van der Waals surface area contributed by atoms with Crippen molar-refractivity contribution in [1.29, 1.82) is 0 Å². The molecule has 106 valence electrons. The Morgan fingerprint density at radius 3 is 2.58 bits per heavy atom. The van der Waals surface area contributed by atoms with Crippen LogP contribution in [0.3, 0.4) is 0 Å². The third kappa shape index (κ3) is 4.01. The molecular weight excluding hydrogens is 240 g/mol. The van der Waals surface area contributed by atoms with Crippen molar-refractivity contribution >= 4 is 0 Å². The third-order valence-corrected chi connectivity index (χ3v) is 3.89. The molecule has 1 aromatic rings. The summed E-state index contributed by atoms with van der Waals surface area (Å²) in [7, 11) is 1.74. The molecule has 0 saturated carbocycles. The van der Waals surface area contributed by atoms with Crippen LogP contribution in [0, 0.1) is 5.92 Å². The number of methoxy groups -OCH3 is 1. The van der Waals surface area contributed by atoms with Crippen LogP contribution in [-0.2, 0) is 9.47 Å². The first-order valence-electron chi connectivity index (χ1n) is 6.96. The van der Waals surface area contributed by atoms with Crippen LogP contribution in [0.1, 0.15) is 30.9 Å². The Labute approximate surface area is 115 Å². The molecule has 2 atom stereocenters. The summed E-state index contributed by atoms with van der Waals surface area (Å²) in [6.45, 7) is 1.73. The summed E-state index contributed by atoms with van der Waals surface area (Å²) in [5, 5.41) is 0. The Bertz CT molecular complexity index is 352. The van der Waals surface area contributed by atoms with E-state index < -0.39 is 0 Å². The van der Waals surface area contributed by atoms with Gasteiger partial charge in [0.15, 0.2) is 0 Å². The van der Waals surface area contributed by atoms with Crippen LogP contribution < -0.4 is 11.3 Å². The predicted molar refractivity (Wildman–Crippen MR) is 75.5 cm³/mol. The molecule has 0 radical (unpaired) electrons. The van der Waals surface area contributed by atoms with Crippen molar-refractivity contribution in [2.24, 2.45) is 11.8 Å². The Kier molecular flexibility index (Phi) is 5.79. The molecule has 1 aliphatic rings. The van der Waals surface area contributed by atoms with Crippen LogP contribution in [0.2, 0.25) is 0 Å². The quantitative estimate of drug-likeness (QED) is 0.609. The van der Waals surface area contributed by atoms with Crippen molar-refractivity contribution < 1.29 is 9.47 Å². The summed E-state index contributed by atoms with van der Waals surface area (Å²) in [6.07, 6.45) is 3.24. The molecule has 4 nitrogen and oxygen atoms in total. The van der Waals surface area contributed by atoms with E-state index in [1.807, 2.05) is 18.2 Å². The van der Waals surface area contributed by atoms with Gasteiger partial charge in [0.25, 0.3) is 0 Å². The molecule has 0 aromatic heterocycles. The lowest BCUT2D eigenvalue weighted by atomic mass is 9.88. The van der Waals surface area contributed by atoms with Crippen molar-refractivity contribution in [3.05, 3.63) is 35.9 Å². The van der Waals surface area contributed by atoms with E-state index in [1.165, 1.54) is 5.56 Å². The molecule has 2 rings (SSSR count). The molecule has 2 unspecified atom stereocenters. The Hall–Kier alpha value is -0.940. The maximum absolute atomic E-state index is 5.74. The van der Waals surface area contributed by atoms with E-state index in [9.17, 15) is 0 Å². The van der Waals surface area contributed by atoms with Crippen molar-refractivity contribution in [1.82, 2.24) is 5.43 Å². The van der Waals surface area contributed by atoms with Gasteiger partial charge in [0.2, 0.25) is 0 Å². The minimum absolute atomic E-state index is 0.00551. The fraction of sp³-hybridized carbons (Fsp3) is 0.600. The average molecular weight is 264 g/mol. The van der Waals surface area contributed by atoms with Gasteiger partial charge in [-0.3, -0.25) is 11.3 Å². The summed E-state index contributed by atoms with van der Waals surface area (Å²) in [6, 6.07) is 10.4. The van der Waals surface area contributed by atoms with Crippen LogP contribution in [0.25, 0.3) is 0 Å². The number of hydrogen-bond acceptors (Lipinski definition) is 4. The molecule has 3 N–H and O–H groups in total. The van der Waals surface area contributed by atoms with Gasteiger partial charge in [-0.25, -0.2) is 0 Å². The molecular formula is C15H24N2O2. The van der Waals surface area contributed by atoms with Crippen molar-refractivity contribution in [3.63, 3.8) is 0 Å². The summed E-state index contributed by atoms with van der Waals surface area (Å²) in [5.74, 6) is 6.41. The van der Waals surface area contributed by atoms with E-state index in [0.717, 1.165) is 32.5 Å². The number of ether oxygens (including phenoxy) is 2. The lowest BCUT2D eigenvalue weighted by Crippen LogP contribution is -2.42. The molecule has 0 amide bonds. The SMILES string of the molecule is COC(c1ccccc1)C(CC1CCOCC1)NN. The Morgan fingerprint density at radius 2 is 2.00 bits per heavy atom. The largest absolute Gasteiger partial charge is 0.381 e. The first kappa shape index (κ1) is 14.5. The molecule has 0 bridgehead atoms. The molecule has 1 heterocycles. The van der Waals surface area contributed by atoms with Gasteiger partial charge in [0, 0.05) is 20.3 Å². The summed E-state index contributed by atoms with van der Waals surface area (Å²) < 4.78 is 11.1. The molecule has 1 aliphatic heterocycles. The Morgan fingerprint density at radius 1 is 1.32 bits per heavy atom. The van der Waals surface area contributed by atoms with Gasteiger partial charge in [-0.15, -0.1) is 0 Å². The minimum atomic E-state index is -0.00551. The monoisotopic (exact) mass is 264 g/mol. The second-order valence-corrected chi connectivity index (χ2v) is 5.13. The second-order valence-electron chi connectivity index (χ2n) is 5.13. The van der Waals surface area contributed by atoms with Gasteiger partial charge in [-0.05, 0) is 30.7 Å². The minimum Gasteiger partial charge on any atom is -0.381 e. The lowest BCUT2D eigenvalue weighted by Gasteiger charge is -2.31. The predicted octanol–water partition coefficient (Wildman–Crippen LogP) is 2.02. The van der Waals surface area contributed by atoms with Crippen LogP contribution in [-0.4, -0.2) is 26.4 Å². The standard InChI is InChI=1S/C15H24N2O2/c1-18-15(13-5-3-2-4-6-13)14(17-16)11-12-7-9-19-10-8-12/h2-6,12,14-15,17H,7-11,16H2,1H3. The summed E-state index contributed by atoms with van der Waals surface area (Å²) in [4.78, 5) is 0. The molecule has 1 fully saturated rings. The topological polar surface area (TPSA) is 56.5 Å². The highest BCUT2D eigenvalue weighted by Crippen LogP contribution is 2.28. The van der Waals surface area contributed by atoms with E-state index in [4.69, 9.17) is 15.3 Å². The second kappa shape index (κ2) is 7.60. The highest BCUT2D eigenvalue weighted by atomic mass is 16.5. The number of nitrogens with one attached hydrogen (secondary N) is 1. The zero-order valence-corrected chi connectivity index (χ0v) is 11.5. The molecule has 1 aromatic carbocycles. The third-order valence-electron chi connectivity index (χ3n) is 3.89. The molecule has 0 aliphatic carbocycles. The highest BCUT2D eigenvalue weighted by Gasteiger charge is 2.26. The average Bonchev–Trinajstić information content (AvgIpc) is 2.49. The fourth-order valence-electron chi connectivity index (χ4n) is 2.80. The first-order chi connectivity index (χ1) is 9.35. The number of benzene rings is 1. The molecule has 1 saturated heterocycles. The van der Waals surface area contributed by atoms with E-state index in [1.54, 1.807) is 7.11 Å². The highest BCUT2D eigenvalue weighted by molar-refractivity contribution is 5.19. The molecule has 19 heavy (non-hydrogen) atoms. The van der Waals surface area contributed by atoms with Gasteiger partial charge in [0.05, 0.1) is 12.1 Å². The fourth-order valence-corrected chi connectivity index (χ4v) is 2.80. The normalized spacial score (nSPS) is 20.1. The zero-order chi connectivity index (χ0) is 13.5. The maximum atomic E-state index is 5.74. The van der Waals surface area contributed by atoms with Crippen LogP contribution >= 0.6 is 0 Å². The van der Waals surface area contributed by atoms with Crippen molar-refractivity contribution in [2.75, 3.05) is 20.3 Å². The van der Waals surface area contributed by atoms with Crippen LogP contribution in [0.4, 0.5) is 0 Å². The van der Waals surface area contributed by atoms with Gasteiger partial charge in [-0.2, -0.15) is 0 Å². The first-order valence-corrected chi connectivity index (χ1v) is 6.96. The summed E-state index contributed by atoms with van der Waals surface area (Å²) in [5.41, 5.74) is 4.10. The Balaban J connectivity index is 2.01. The number of nitrogens with two attached hydrogens (primary N) is 1. The smallest absolute Gasteiger partial charge is 0.0987 e. The zero-order valence-electron chi connectivity index (χ0n) is 11.5. The number of hydrazine groups is 1. The maximum Gasteiger partial charge on any atom is 0.0987 e. The van der Waals surface area contributed by atoms with Crippen molar-refractivity contribution in [2.45, 2.75) is 31.4 Å². The van der Waals surface area contributed by atoms with Crippen molar-refractivity contribution in [3.8, 4) is 0 Å². The van der Waals surface area contributed by atoms with Crippen LogP contribution in [0.15, 0.2) is 30.3 Å². The molecule has 4 heteroatoms. The van der Waals surface area contributed by atoms with E-state index >= 15 is 0 Å². The van der Waals surface area contributed by atoms with E-state index in [-0.39, 0.29) is 12.1 Å². The molecule has 0 spiro atoms. The number of hydrogen-bond donors (Lipinski definition) is 2. The van der Waals surface area contributed by atoms with Gasteiger partial charge in [0.1, 0.15) is 0 Å². The van der Waals surface area contributed by atoms with E-state index in [0.29, 0.717) is 5.92 Å².